The van der Waals surface area contributed by atoms with Gasteiger partial charge in [-0.05, 0) is 17.5 Å². The second kappa shape index (κ2) is 5.68. The van der Waals surface area contributed by atoms with Gasteiger partial charge in [-0.3, -0.25) is 4.98 Å². The van der Waals surface area contributed by atoms with Gasteiger partial charge in [-0.2, -0.15) is 0 Å². The summed E-state index contributed by atoms with van der Waals surface area (Å²) >= 11 is 0. The minimum atomic E-state index is 0.0412. The molecule has 4 heteroatoms. The van der Waals surface area contributed by atoms with E-state index in [0.29, 0.717) is 12.5 Å². The van der Waals surface area contributed by atoms with Crippen molar-refractivity contribution < 1.29 is 5.11 Å². The first-order valence-corrected chi connectivity index (χ1v) is 5.19. The Morgan fingerprint density at radius 2 is 2.27 bits per heavy atom. The molecule has 0 aliphatic carbocycles. The summed E-state index contributed by atoms with van der Waals surface area (Å²) in [6.45, 7) is 4.70. The highest BCUT2D eigenvalue weighted by atomic mass is 16.3. The lowest BCUT2D eigenvalue weighted by Gasteiger charge is -2.22. The van der Waals surface area contributed by atoms with E-state index in [9.17, 15) is 5.11 Å². The molecular formula is C11H19N3O. The maximum Gasteiger partial charge on any atom is 0.0635 e. The molecule has 1 aromatic rings. The Morgan fingerprint density at radius 3 is 2.80 bits per heavy atom. The first kappa shape index (κ1) is 11.9. The van der Waals surface area contributed by atoms with Crippen molar-refractivity contribution in [2.45, 2.75) is 26.4 Å². The Labute approximate surface area is 90.5 Å². The van der Waals surface area contributed by atoms with E-state index in [4.69, 9.17) is 5.73 Å². The molecule has 0 aromatic carbocycles. The minimum Gasteiger partial charge on any atom is -0.394 e. The summed E-state index contributed by atoms with van der Waals surface area (Å²) in [7, 11) is 0. The van der Waals surface area contributed by atoms with Gasteiger partial charge in [-0.15, -0.1) is 0 Å². The van der Waals surface area contributed by atoms with Gasteiger partial charge in [0.25, 0.3) is 0 Å². The molecule has 0 spiro atoms. The van der Waals surface area contributed by atoms with Crippen molar-refractivity contribution in [3.05, 3.63) is 24.0 Å². The normalized spacial score (nSPS) is 12.9. The smallest absolute Gasteiger partial charge is 0.0635 e. The maximum absolute atomic E-state index is 9.21. The van der Waals surface area contributed by atoms with E-state index in [0.717, 1.165) is 11.3 Å². The van der Waals surface area contributed by atoms with E-state index in [1.807, 2.05) is 6.07 Å². The van der Waals surface area contributed by atoms with Crippen LogP contribution in [0.15, 0.2) is 18.5 Å². The lowest BCUT2D eigenvalue weighted by molar-refractivity contribution is 0.249. The lowest BCUT2D eigenvalue weighted by atomic mass is 10.0. The molecule has 0 radical (unpaired) electrons. The fraction of sp³-hybridized carbons (Fsp3) is 0.545. The zero-order chi connectivity index (χ0) is 11.3. The predicted molar refractivity (Wildman–Crippen MR) is 61.5 cm³/mol. The largest absolute Gasteiger partial charge is 0.394 e. The first-order valence-electron chi connectivity index (χ1n) is 5.19. The number of pyridine rings is 1. The Balaban J connectivity index is 2.78. The zero-order valence-electron chi connectivity index (χ0n) is 9.27. The van der Waals surface area contributed by atoms with Crippen molar-refractivity contribution in [2.75, 3.05) is 11.9 Å². The van der Waals surface area contributed by atoms with Crippen LogP contribution in [-0.2, 0) is 6.54 Å². The van der Waals surface area contributed by atoms with Gasteiger partial charge in [-0.25, -0.2) is 0 Å². The van der Waals surface area contributed by atoms with Crippen molar-refractivity contribution in [1.29, 1.82) is 0 Å². The molecule has 4 nitrogen and oxygen atoms in total. The molecule has 0 amide bonds. The molecule has 4 N–H and O–H groups in total. The van der Waals surface area contributed by atoms with Crippen LogP contribution in [-0.4, -0.2) is 22.7 Å². The summed E-state index contributed by atoms with van der Waals surface area (Å²) in [6.07, 6.45) is 3.46. The van der Waals surface area contributed by atoms with Gasteiger partial charge in [0.1, 0.15) is 0 Å². The van der Waals surface area contributed by atoms with E-state index in [-0.39, 0.29) is 12.6 Å². The quantitative estimate of drug-likeness (QED) is 0.675. The van der Waals surface area contributed by atoms with Gasteiger partial charge < -0.3 is 16.2 Å². The summed E-state index contributed by atoms with van der Waals surface area (Å²) < 4.78 is 0. The topological polar surface area (TPSA) is 71.2 Å². The van der Waals surface area contributed by atoms with Crippen LogP contribution in [0.5, 0.6) is 0 Å². The predicted octanol–water partition coefficient (Wildman–Crippen LogP) is 0.969. The van der Waals surface area contributed by atoms with Crippen molar-refractivity contribution in [3.8, 4) is 0 Å². The fourth-order valence-electron chi connectivity index (χ4n) is 1.35. The molecule has 0 aliphatic heterocycles. The average molecular weight is 209 g/mol. The van der Waals surface area contributed by atoms with Crippen molar-refractivity contribution in [3.63, 3.8) is 0 Å². The highest BCUT2D eigenvalue weighted by Gasteiger charge is 2.12. The Morgan fingerprint density at radius 1 is 1.53 bits per heavy atom. The summed E-state index contributed by atoms with van der Waals surface area (Å²) in [4.78, 5) is 4.04. The van der Waals surface area contributed by atoms with E-state index >= 15 is 0 Å². The van der Waals surface area contributed by atoms with E-state index in [1.165, 1.54) is 0 Å². The molecule has 0 saturated carbocycles. The van der Waals surface area contributed by atoms with Crippen LogP contribution in [0.1, 0.15) is 19.4 Å². The van der Waals surface area contributed by atoms with Gasteiger partial charge in [0.2, 0.25) is 0 Å². The van der Waals surface area contributed by atoms with Crippen LogP contribution in [0, 0.1) is 5.92 Å². The molecule has 0 saturated heterocycles. The van der Waals surface area contributed by atoms with Crippen LogP contribution in [0.2, 0.25) is 0 Å². The van der Waals surface area contributed by atoms with Crippen molar-refractivity contribution in [1.82, 2.24) is 4.98 Å². The summed E-state index contributed by atoms with van der Waals surface area (Å²) in [5.74, 6) is 0.362. The number of nitrogens with one attached hydrogen (secondary N) is 1. The molecule has 15 heavy (non-hydrogen) atoms. The number of aliphatic hydroxyl groups excluding tert-OH is 1. The van der Waals surface area contributed by atoms with Crippen LogP contribution < -0.4 is 11.1 Å². The number of aromatic nitrogens is 1. The number of anilines is 1. The van der Waals surface area contributed by atoms with Crippen LogP contribution in [0.3, 0.4) is 0 Å². The SMILES string of the molecule is CC(C)C(CO)Nc1cnccc1CN. The fourth-order valence-corrected chi connectivity index (χ4v) is 1.35. The van der Waals surface area contributed by atoms with E-state index < -0.39 is 0 Å². The molecule has 0 fully saturated rings. The lowest BCUT2D eigenvalue weighted by Crippen LogP contribution is -2.30. The van der Waals surface area contributed by atoms with Gasteiger partial charge in [-0.1, -0.05) is 13.8 Å². The molecule has 0 aliphatic rings. The Kier molecular flexibility index (Phi) is 4.52. The van der Waals surface area contributed by atoms with E-state index in [2.05, 4.69) is 24.1 Å². The summed E-state index contributed by atoms with van der Waals surface area (Å²) in [6, 6.07) is 1.93. The van der Waals surface area contributed by atoms with Crippen molar-refractivity contribution in [2.24, 2.45) is 11.7 Å². The van der Waals surface area contributed by atoms with Gasteiger partial charge in [0.15, 0.2) is 0 Å². The maximum atomic E-state index is 9.21. The molecule has 0 bridgehead atoms. The molecule has 1 heterocycles. The van der Waals surface area contributed by atoms with Crippen LogP contribution in [0.4, 0.5) is 5.69 Å². The third kappa shape index (κ3) is 3.18. The highest BCUT2D eigenvalue weighted by molar-refractivity contribution is 5.49. The van der Waals surface area contributed by atoms with Gasteiger partial charge in [0, 0.05) is 12.7 Å². The number of nitrogens with two attached hydrogens (primary N) is 1. The second-order valence-corrected chi connectivity index (χ2v) is 3.91. The molecule has 1 unspecified atom stereocenters. The molecule has 1 atom stereocenters. The number of aliphatic hydroxyl groups is 1. The zero-order valence-corrected chi connectivity index (χ0v) is 9.27. The van der Waals surface area contributed by atoms with Crippen LogP contribution >= 0.6 is 0 Å². The summed E-state index contributed by atoms with van der Waals surface area (Å²) in [5.41, 5.74) is 7.54. The number of hydrogen-bond donors (Lipinski definition) is 3. The average Bonchev–Trinajstić information content (AvgIpc) is 2.25. The standard InChI is InChI=1S/C11H19N3O/c1-8(2)11(7-15)14-10-6-13-4-3-9(10)5-12/h3-4,6,8,11,14-15H,5,7,12H2,1-2H3. The minimum absolute atomic E-state index is 0.0412. The van der Waals surface area contributed by atoms with Crippen molar-refractivity contribution >= 4 is 5.69 Å². The van der Waals surface area contributed by atoms with Gasteiger partial charge in [0.05, 0.1) is 24.5 Å². The number of nitrogens with zero attached hydrogens (tertiary/aromatic N) is 1. The molecular weight excluding hydrogens is 190 g/mol. The second-order valence-electron chi connectivity index (χ2n) is 3.91. The summed E-state index contributed by atoms with van der Waals surface area (Å²) in [5, 5.41) is 12.5. The third-order valence-corrected chi connectivity index (χ3v) is 2.47. The monoisotopic (exact) mass is 209 g/mol. The number of hydrogen-bond acceptors (Lipinski definition) is 4. The molecule has 84 valence electrons. The molecule has 1 aromatic heterocycles. The third-order valence-electron chi connectivity index (χ3n) is 2.47. The molecule has 1 rings (SSSR count). The first-order chi connectivity index (χ1) is 7.19. The highest BCUT2D eigenvalue weighted by Crippen LogP contribution is 2.16. The van der Waals surface area contributed by atoms with Crippen LogP contribution in [0.25, 0.3) is 0 Å². The Hall–Kier alpha value is -1.13. The van der Waals surface area contributed by atoms with Gasteiger partial charge >= 0.3 is 0 Å². The van der Waals surface area contributed by atoms with E-state index in [1.54, 1.807) is 12.4 Å². The Bertz CT molecular complexity index is 302. The number of rotatable bonds is 5.